The Morgan fingerprint density at radius 3 is 2.72 bits per heavy atom. The van der Waals surface area contributed by atoms with Crippen LogP contribution in [0.15, 0.2) is 30.3 Å². The molecule has 6 nitrogen and oxygen atoms in total. The van der Waals surface area contributed by atoms with Gasteiger partial charge in [-0.3, -0.25) is 4.79 Å². The molecule has 1 aromatic rings. The smallest absolute Gasteiger partial charge is 0.224 e. The lowest BCUT2D eigenvalue weighted by molar-refractivity contribution is -0.126. The highest BCUT2D eigenvalue weighted by Gasteiger charge is 2.31. The SMILES string of the molecule is CCS(=O)(=O)N1CCC[C@H](C(=O)NCCCN(C)c2ccccc2)C1. The number of para-hydroxylation sites is 1. The van der Waals surface area contributed by atoms with E-state index in [2.05, 4.69) is 22.3 Å². The largest absolute Gasteiger partial charge is 0.375 e. The number of rotatable bonds is 8. The van der Waals surface area contributed by atoms with Crippen molar-refractivity contribution in [3.8, 4) is 0 Å². The van der Waals surface area contributed by atoms with Crippen LogP contribution in [0.4, 0.5) is 5.69 Å². The third-order valence-electron chi connectivity index (χ3n) is 4.68. The van der Waals surface area contributed by atoms with Gasteiger partial charge in [-0.1, -0.05) is 18.2 Å². The van der Waals surface area contributed by atoms with E-state index in [0.717, 1.165) is 31.5 Å². The number of carbonyl (C=O) groups is 1. The molecule has 1 aromatic carbocycles. The van der Waals surface area contributed by atoms with Crippen LogP contribution >= 0.6 is 0 Å². The van der Waals surface area contributed by atoms with Gasteiger partial charge < -0.3 is 10.2 Å². The van der Waals surface area contributed by atoms with E-state index >= 15 is 0 Å². The van der Waals surface area contributed by atoms with Crippen molar-refractivity contribution < 1.29 is 13.2 Å². The first kappa shape index (κ1) is 19.7. The number of benzene rings is 1. The van der Waals surface area contributed by atoms with Crippen LogP contribution in [0.25, 0.3) is 0 Å². The van der Waals surface area contributed by atoms with Gasteiger partial charge in [0.05, 0.1) is 11.7 Å². The van der Waals surface area contributed by atoms with Crippen molar-refractivity contribution >= 4 is 21.6 Å². The first-order valence-corrected chi connectivity index (χ1v) is 10.6. The standard InChI is InChI=1S/C18H29N3O3S/c1-3-25(23,24)21-14-7-9-16(15-21)18(22)19-12-8-13-20(2)17-10-5-4-6-11-17/h4-6,10-11,16H,3,7-9,12-15H2,1-2H3,(H,19,22)/t16-/m0/s1. The minimum Gasteiger partial charge on any atom is -0.375 e. The molecule has 1 amide bonds. The normalized spacial score (nSPS) is 18.7. The molecule has 0 spiro atoms. The topological polar surface area (TPSA) is 69.7 Å². The van der Waals surface area contributed by atoms with E-state index < -0.39 is 10.0 Å². The fourth-order valence-corrected chi connectivity index (χ4v) is 4.25. The average Bonchev–Trinajstić information content (AvgIpc) is 2.65. The van der Waals surface area contributed by atoms with Gasteiger partial charge in [0.15, 0.2) is 0 Å². The summed E-state index contributed by atoms with van der Waals surface area (Å²) in [4.78, 5) is 14.5. The summed E-state index contributed by atoms with van der Waals surface area (Å²) in [5, 5.41) is 2.96. The minimum absolute atomic E-state index is 0.0293. The van der Waals surface area contributed by atoms with E-state index in [4.69, 9.17) is 0 Å². The zero-order valence-corrected chi connectivity index (χ0v) is 16.0. The van der Waals surface area contributed by atoms with Crippen LogP contribution in [0.5, 0.6) is 0 Å². The average molecular weight is 368 g/mol. The molecule has 25 heavy (non-hydrogen) atoms. The zero-order chi connectivity index (χ0) is 18.3. The second-order valence-electron chi connectivity index (χ2n) is 6.50. The number of carbonyl (C=O) groups excluding carboxylic acids is 1. The Kier molecular flexibility index (Phi) is 7.25. The van der Waals surface area contributed by atoms with Gasteiger partial charge in [0.1, 0.15) is 0 Å². The zero-order valence-electron chi connectivity index (χ0n) is 15.1. The van der Waals surface area contributed by atoms with Crippen LogP contribution in [-0.4, -0.2) is 57.6 Å². The van der Waals surface area contributed by atoms with Crippen molar-refractivity contribution in [1.29, 1.82) is 0 Å². The Morgan fingerprint density at radius 2 is 2.04 bits per heavy atom. The van der Waals surface area contributed by atoms with Gasteiger partial charge in [-0.2, -0.15) is 0 Å². The molecule has 1 N–H and O–H groups in total. The first-order valence-electron chi connectivity index (χ1n) is 8.95. The number of piperidine rings is 1. The minimum atomic E-state index is -3.21. The molecule has 1 aliphatic rings. The van der Waals surface area contributed by atoms with Gasteiger partial charge in [-0.15, -0.1) is 0 Å². The van der Waals surface area contributed by atoms with Crippen molar-refractivity contribution in [2.45, 2.75) is 26.2 Å². The fraction of sp³-hybridized carbons (Fsp3) is 0.611. The van der Waals surface area contributed by atoms with E-state index in [-0.39, 0.29) is 17.6 Å². The summed E-state index contributed by atoms with van der Waals surface area (Å²) >= 11 is 0. The molecule has 0 aromatic heterocycles. The number of nitrogens with one attached hydrogen (secondary N) is 1. The molecule has 7 heteroatoms. The number of sulfonamides is 1. The highest BCUT2D eigenvalue weighted by Crippen LogP contribution is 2.19. The van der Waals surface area contributed by atoms with Crippen LogP contribution < -0.4 is 10.2 Å². The lowest BCUT2D eigenvalue weighted by Crippen LogP contribution is -2.46. The summed E-state index contributed by atoms with van der Waals surface area (Å²) in [6, 6.07) is 10.1. The van der Waals surface area contributed by atoms with Crippen molar-refractivity contribution in [3.05, 3.63) is 30.3 Å². The van der Waals surface area contributed by atoms with Crippen LogP contribution in [0.3, 0.4) is 0 Å². The van der Waals surface area contributed by atoms with Gasteiger partial charge in [0.25, 0.3) is 0 Å². The lowest BCUT2D eigenvalue weighted by Gasteiger charge is -2.31. The summed E-state index contributed by atoms with van der Waals surface area (Å²) in [5.41, 5.74) is 1.15. The molecular weight excluding hydrogens is 338 g/mol. The quantitative estimate of drug-likeness (QED) is 0.710. The highest BCUT2D eigenvalue weighted by molar-refractivity contribution is 7.89. The van der Waals surface area contributed by atoms with Crippen molar-refractivity contribution in [2.75, 3.05) is 43.9 Å². The Morgan fingerprint density at radius 1 is 1.32 bits per heavy atom. The third kappa shape index (κ3) is 5.71. The Labute approximate surface area is 151 Å². The Bertz CT molecular complexity index is 649. The second kappa shape index (κ2) is 9.20. The highest BCUT2D eigenvalue weighted by atomic mass is 32.2. The summed E-state index contributed by atoms with van der Waals surface area (Å²) in [5.74, 6) is -0.173. The van der Waals surface area contributed by atoms with E-state index in [0.29, 0.717) is 19.6 Å². The molecule has 2 rings (SSSR count). The monoisotopic (exact) mass is 367 g/mol. The molecule has 1 fully saturated rings. The number of amides is 1. The molecular formula is C18H29N3O3S. The van der Waals surface area contributed by atoms with E-state index in [1.807, 2.05) is 25.2 Å². The van der Waals surface area contributed by atoms with Gasteiger partial charge in [-0.25, -0.2) is 12.7 Å². The van der Waals surface area contributed by atoms with Crippen LogP contribution in [0.1, 0.15) is 26.2 Å². The molecule has 0 radical (unpaired) electrons. The predicted molar refractivity (Wildman–Crippen MR) is 101 cm³/mol. The summed E-state index contributed by atoms with van der Waals surface area (Å²) in [7, 11) is -1.17. The van der Waals surface area contributed by atoms with E-state index in [9.17, 15) is 13.2 Å². The third-order valence-corrected chi connectivity index (χ3v) is 6.53. The maximum atomic E-state index is 12.3. The lowest BCUT2D eigenvalue weighted by atomic mass is 9.99. The van der Waals surface area contributed by atoms with Gasteiger partial charge in [-0.05, 0) is 38.3 Å². The number of anilines is 1. The predicted octanol–water partition coefficient (Wildman–Crippen LogP) is 1.69. The second-order valence-corrected chi connectivity index (χ2v) is 8.76. The van der Waals surface area contributed by atoms with Crippen molar-refractivity contribution in [3.63, 3.8) is 0 Å². The molecule has 0 bridgehead atoms. The Balaban J connectivity index is 1.73. The molecule has 0 aliphatic carbocycles. The summed E-state index contributed by atoms with van der Waals surface area (Å²) < 4.78 is 25.4. The number of hydrogen-bond donors (Lipinski definition) is 1. The number of hydrogen-bond acceptors (Lipinski definition) is 4. The molecule has 1 atom stereocenters. The van der Waals surface area contributed by atoms with Crippen molar-refractivity contribution in [2.24, 2.45) is 5.92 Å². The van der Waals surface area contributed by atoms with Gasteiger partial charge in [0.2, 0.25) is 15.9 Å². The summed E-state index contributed by atoms with van der Waals surface area (Å²) in [6.07, 6.45) is 2.35. The van der Waals surface area contributed by atoms with Crippen LogP contribution in [0, 0.1) is 5.92 Å². The molecule has 1 aliphatic heterocycles. The van der Waals surface area contributed by atoms with Gasteiger partial charge >= 0.3 is 0 Å². The van der Waals surface area contributed by atoms with Crippen LogP contribution in [-0.2, 0) is 14.8 Å². The summed E-state index contributed by atoms with van der Waals surface area (Å²) in [6.45, 7) is 3.94. The van der Waals surface area contributed by atoms with E-state index in [1.54, 1.807) is 6.92 Å². The molecule has 0 unspecified atom stereocenters. The van der Waals surface area contributed by atoms with Crippen molar-refractivity contribution in [1.82, 2.24) is 9.62 Å². The first-order chi connectivity index (χ1) is 11.9. The number of nitrogens with zero attached hydrogens (tertiary/aromatic N) is 2. The molecule has 1 saturated heterocycles. The fourth-order valence-electron chi connectivity index (χ4n) is 3.08. The molecule has 140 valence electrons. The van der Waals surface area contributed by atoms with E-state index in [1.165, 1.54) is 4.31 Å². The van der Waals surface area contributed by atoms with Crippen LogP contribution in [0.2, 0.25) is 0 Å². The maximum Gasteiger partial charge on any atom is 0.224 e. The van der Waals surface area contributed by atoms with Gasteiger partial charge in [0, 0.05) is 38.9 Å². The maximum absolute atomic E-state index is 12.3. The molecule has 1 heterocycles. The molecule has 0 saturated carbocycles. The Hall–Kier alpha value is -1.60.